The van der Waals surface area contributed by atoms with Crippen molar-refractivity contribution in [3.8, 4) is 11.3 Å². The minimum atomic E-state index is -0.531. The Morgan fingerprint density at radius 3 is 2.75 bits per heavy atom. The summed E-state index contributed by atoms with van der Waals surface area (Å²) in [5.74, 6) is 0.506. The summed E-state index contributed by atoms with van der Waals surface area (Å²) in [5.41, 5.74) is 4.21. The number of carbonyl (C=O) groups is 1. The molecule has 0 spiro atoms. The molecule has 9 nitrogen and oxygen atoms in total. The van der Waals surface area contributed by atoms with Crippen molar-refractivity contribution < 1.29 is 9.53 Å². The van der Waals surface area contributed by atoms with Crippen molar-refractivity contribution in [1.82, 2.24) is 25.1 Å². The lowest BCUT2D eigenvalue weighted by Crippen LogP contribution is -2.39. The maximum atomic E-state index is 12.3. The molecule has 1 aromatic carbocycles. The van der Waals surface area contributed by atoms with Crippen molar-refractivity contribution in [3.05, 3.63) is 48.4 Å². The van der Waals surface area contributed by atoms with Crippen LogP contribution in [0.3, 0.4) is 0 Å². The van der Waals surface area contributed by atoms with Gasteiger partial charge in [-0.25, -0.2) is 14.8 Å². The molecule has 3 heterocycles. The Hall–Kier alpha value is -3.62. The van der Waals surface area contributed by atoms with E-state index in [1.54, 1.807) is 17.1 Å². The van der Waals surface area contributed by atoms with Crippen LogP contribution in [0, 0.1) is 0 Å². The van der Waals surface area contributed by atoms with E-state index < -0.39 is 11.7 Å². The van der Waals surface area contributed by atoms with E-state index in [9.17, 15) is 4.79 Å². The molecule has 0 fully saturated rings. The van der Waals surface area contributed by atoms with Crippen molar-refractivity contribution in [2.45, 2.75) is 38.8 Å². The third kappa shape index (κ3) is 4.99. The normalized spacial score (nSPS) is 15.8. The number of hydrogen-bond acceptors (Lipinski definition) is 7. The smallest absolute Gasteiger partial charge is 0.408 e. The van der Waals surface area contributed by atoms with Gasteiger partial charge in [0, 0.05) is 44.3 Å². The first-order chi connectivity index (χ1) is 15.2. The van der Waals surface area contributed by atoms with Crippen LogP contribution in [0.2, 0.25) is 0 Å². The largest absolute Gasteiger partial charge is 0.444 e. The SMILES string of the molecule is CN1CCC(NC(=O)OC(C)(C)C)c2ccc(-c3ccnc(Nc4cnn(C)c4)n3)cc21. The Balaban J connectivity index is 1.57. The van der Waals surface area contributed by atoms with Crippen LogP contribution in [0.25, 0.3) is 11.3 Å². The van der Waals surface area contributed by atoms with Gasteiger partial charge >= 0.3 is 6.09 Å². The van der Waals surface area contributed by atoms with Crippen molar-refractivity contribution >= 4 is 23.4 Å². The molecule has 2 aromatic heterocycles. The Labute approximate surface area is 187 Å². The highest BCUT2D eigenvalue weighted by Gasteiger charge is 2.27. The third-order valence-electron chi connectivity index (χ3n) is 5.17. The van der Waals surface area contributed by atoms with Gasteiger partial charge in [-0.1, -0.05) is 12.1 Å². The van der Waals surface area contributed by atoms with Crippen LogP contribution < -0.4 is 15.5 Å². The first-order valence-electron chi connectivity index (χ1n) is 10.6. The molecule has 1 amide bonds. The molecule has 1 unspecified atom stereocenters. The molecule has 0 bridgehead atoms. The molecule has 3 aromatic rings. The van der Waals surface area contributed by atoms with E-state index >= 15 is 0 Å². The standard InChI is InChI=1S/C23H29N7O2/c1-23(2,3)32-22(31)28-19-9-11-29(4)20-12-15(6-7-17(19)20)18-8-10-24-21(27-18)26-16-13-25-30(5)14-16/h6-8,10,12-14,19H,9,11H2,1-5H3,(H,28,31)(H,24,26,27). The average molecular weight is 436 g/mol. The molecular formula is C23H29N7O2. The van der Waals surface area contributed by atoms with Crippen LogP contribution in [0.4, 0.5) is 22.1 Å². The van der Waals surface area contributed by atoms with E-state index in [0.717, 1.165) is 41.2 Å². The predicted molar refractivity (Wildman–Crippen MR) is 124 cm³/mol. The van der Waals surface area contributed by atoms with E-state index in [1.807, 2.05) is 46.1 Å². The minimum Gasteiger partial charge on any atom is -0.444 e. The average Bonchev–Trinajstić information content (AvgIpc) is 3.13. The first-order valence-corrected chi connectivity index (χ1v) is 10.6. The maximum absolute atomic E-state index is 12.3. The van der Waals surface area contributed by atoms with Crippen molar-refractivity contribution in [2.24, 2.45) is 7.05 Å². The molecule has 9 heteroatoms. The molecule has 1 aliphatic rings. The number of amides is 1. The van der Waals surface area contributed by atoms with Crippen molar-refractivity contribution in [2.75, 3.05) is 23.8 Å². The number of hydrogen-bond donors (Lipinski definition) is 2. The van der Waals surface area contributed by atoms with E-state index in [4.69, 9.17) is 4.74 Å². The molecule has 32 heavy (non-hydrogen) atoms. The lowest BCUT2D eigenvalue weighted by atomic mass is 9.94. The van der Waals surface area contributed by atoms with Crippen LogP contribution in [-0.4, -0.2) is 45.0 Å². The fraction of sp³-hybridized carbons (Fsp3) is 0.391. The minimum absolute atomic E-state index is 0.0988. The first kappa shape index (κ1) is 21.6. The quantitative estimate of drug-likeness (QED) is 0.639. The number of ether oxygens (including phenoxy) is 1. The number of anilines is 3. The Morgan fingerprint density at radius 2 is 2.03 bits per heavy atom. The number of aromatic nitrogens is 4. The van der Waals surface area contributed by atoms with Gasteiger partial charge in [0.25, 0.3) is 0 Å². The second kappa shape index (κ2) is 8.49. The Morgan fingerprint density at radius 1 is 1.22 bits per heavy atom. The van der Waals surface area contributed by atoms with E-state index in [-0.39, 0.29) is 6.04 Å². The van der Waals surface area contributed by atoms with Gasteiger partial charge in [-0.15, -0.1) is 0 Å². The summed E-state index contributed by atoms with van der Waals surface area (Å²) in [4.78, 5) is 23.5. The van der Waals surface area contributed by atoms with Gasteiger partial charge in [-0.3, -0.25) is 4.68 Å². The van der Waals surface area contributed by atoms with Gasteiger partial charge in [0.15, 0.2) is 0 Å². The summed E-state index contributed by atoms with van der Waals surface area (Å²) in [5, 5.41) is 10.3. The Bertz CT molecular complexity index is 1120. The zero-order valence-corrected chi connectivity index (χ0v) is 19.1. The molecular weight excluding hydrogens is 406 g/mol. The van der Waals surface area contributed by atoms with Gasteiger partial charge < -0.3 is 20.3 Å². The molecule has 2 N–H and O–H groups in total. The summed E-state index contributed by atoms with van der Waals surface area (Å²) in [6.45, 7) is 6.41. The summed E-state index contributed by atoms with van der Waals surface area (Å²) < 4.78 is 7.16. The number of carbonyl (C=O) groups excluding carboxylic acids is 1. The van der Waals surface area contributed by atoms with Gasteiger partial charge in [-0.05, 0) is 44.9 Å². The zero-order chi connectivity index (χ0) is 22.9. The van der Waals surface area contributed by atoms with Crippen molar-refractivity contribution in [3.63, 3.8) is 0 Å². The molecule has 0 saturated carbocycles. The summed E-state index contributed by atoms with van der Waals surface area (Å²) in [7, 11) is 3.92. The van der Waals surface area contributed by atoms with Gasteiger partial charge in [-0.2, -0.15) is 5.10 Å². The van der Waals surface area contributed by atoms with Gasteiger partial charge in [0.1, 0.15) is 5.60 Å². The molecule has 1 aliphatic heterocycles. The van der Waals surface area contributed by atoms with Gasteiger partial charge in [0.05, 0.1) is 23.6 Å². The number of aryl methyl sites for hydroxylation is 1. The topological polar surface area (TPSA) is 97.2 Å². The highest BCUT2D eigenvalue weighted by atomic mass is 16.6. The number of benzene rings is 1. The van der Waals surface area contributed by atoms with Crippen LogP contribution in [-0.2, 0) is 11.8 Å². The summed E-state index contributed by atoms with van der Waals surface area (Å²) >= 11 is 0. The number of rotatable bonds is 4. The fourth-order valence-corrected chi connectivity index (χ4v) is 3.72. The predicted octanol–water partition coefficient (Wildman–Crippen LogP) is 4.03. The van der Waals surface area contributed by atoms with E-state index in [2.05, 4.69) is 49.8 Å². The lowest BCUT2D eigenvalue weighted by Gasteiger charge is -2.34. The number of fused-ring (bicyclic) bond motifs is 1. The van der Waals surface area contributed by atoms with Gasteiger partial charge in [0.2, 0.25) is 5.95 Å². The molecule has 1 atom stereocenters. The molecule has 0 saturated heterocycles. The summed E-state index contributed by atoms with van der Waals surface area (Å²) in [6, 6.07) is 7.97. The van der Waals surface area contributed by atoms with Crippen LogP contribution in [0.1, 0.15) is 38.8 Å². The number of alkyl carbamates (subject to hydrolysis) is 1. The second-order valence-electron chi connectivity index (χ2n) is 8.98. The van der Waals surface area contributed by atoms with E-state index in [0.29, 0.717) is 5.95 Å². The fourth-order valence-electron chi connectivity index (χ4n) is 3.72. The lowest BCUT2D eigenvalue weighted by molar-refractivity contribution is 0.0500. The van der Waals surface area contributed by atoms with Crippen molar-refractivity contribution in [1.29, 1.82) is 0 Å². The van der Waals surface area contributed by atoms with E-state index in [1.165, 1.54) is 0 Å². The molecule has 4 rings (SSSR count). The zero-order valence-electron chi connectivity index (χ0n) is 19.1. The van der Waals surface area contributed by atoms with Crippen LogP contribution >= 0.6 is 0 Å². The Kier molecular flexibility index (Phi) is 5.73. The second-order valence-corrected chi connectivity index (χ2v) is 8.98. The van der Waals surface area contributed by atoms with Crippen LogP contribution in [0.5, 0.6) is 0 Å². The highest BCUT2D eigenvalue weighted by molar-refractivity contribution is 5.73. The molecule has 0 radical (unpaired) electrons. The monoisotopic (exact) mass is 435 g/mol. The van der Waals surface area contributed by atoms with Crippen LogP contribution in [0.15, 0.2) is 42.9 Å². The molecule has 168 valence electrons. The maximum Gasteiger partial charge on any atom is 0.408 e. The third-order valence-corrected chi connectivity index (χ3v) is 5.17. The highest BCUT2D eigenvalue weighted by Crippen LogP contribution is 2.36. The summed E-state index contributed by atoms with van der Waals surface area (Å²) in [6.07, 6.45) is 5.74. The molecule has 0 aliphatic carbocycles. The number of nitrogens with one attached hydrogen (secondary N) is 2. The number of nitrogens with zero attached hydrogens (tertiary/aromatic N) is 5.